The lowest BCUT2D eigenvalue weighted by atomic mass is 10.2. The Kier molecular flexibility index (Phi) is 5.44. The minimum absolute atomic E-state index is 0.122. The summed E-state index contributed by atoms with van der Waals surface area (Å²) in [5.41, 5.74) is 2.82. The van der Waals surface area contributed by atoms with Crippen molar-refractivity contribution in [3.05, 3.63) is 53.9 Å². The van der Waals surface area contributed by atoms with E-state index < -0.39 is 0 Å². The first-order chi connectivity index (χ1) is 14.0. The Balaban J connectivity index is 1.47. The van der Waals surface area contributed by atoms with E-state index in [1.165, 1.54) is 17.3 Å². The second-order valence-corrected chi connectivity index (χ2v) is 8.12. The zero-order valence-corrected chi connectivity index (χ0v) is 17.3. The molecule has 0 radical (unpaired) electrons. The summed E-state index contributed by atoms with van der Waals surface area (Å²) in [6.45, 7) is 6.83. The van der Waals surface area contributed by atoms with Crippen LogP contribution in [0.25, 0.3) is 5.69 Å². The molecule has 4 rings (SSSR count). The predicted octanol–water partition coefficient (Wildman–Crippen LogP) is 3.77. The summed E-state index contributed by atoms with van der Waals surface area (Å²) in [6.07, 6.45) is 0. The lowest BCUT2D eigenvalue weighted by Gasteiger charge is -2.19. The van der Waals surface area contributed by atoms with Crippen LogP contribution in [-0.2, 0) is 4.79 Å². The number of fused-ring (bicyclic) bond motifs is 1. The van der Waals surface area contributed by atoms with E-state index in [1.54, 1.807) is 12.1 Å². The summed E-state index contributed by atoms with van der Waals surface area (Å²) >= 11 is 1.37. The van der Waals surface area contributed by atoms with Crippen LogP contribution in [0.4, 0.5) is 5.69 Å². The molecule has 0 spiro atoms. The Morgan fingerprint density at radius 1 is 1.07 bits per heavy atom. The van der Waals surface area contributed by atoms with Gasteiger partial charge >= 0.3 is 0 Å². The lowest BCUT2D eigenvalue weighted by Crippen LogP contribution is -2.23. The molecule has 1 aromatic heterocycles. The normalized spacial score (nSPS) is 13.8. The third kappa shape index (κ3) is 4.22. The molecule has 7 nitrogen and oxygen atoms in total. The summed E-state index contributed by atoms with van der Waals surface area (Å²) in [4.78, 5) is 12.7. The highest BCUT2D eigenvalue weighted by atomic mass is 32.2. The molecule has 29 heavy (non-hydrogen) atoms. The number of thioether (sulfide) groups is 1. The van der Waals surface area contributed by atoms with Gasteiger partial charge in [0, 0.05) is 17.4 Å². The summed E-state index contributed by atoms with van der Waals surface area (Å²) in [7, 11) is 0. The van der Waals surface area contributed by atoms with Gasteiger partial charge in [0.25, 0.3) is 0 Å². The molecule has 0 bridgehead atoms. The maximum Gasteiger partial charge on any atom is 0.237 e. The summed E-state index contributed by atoms with van der Waals surface area (Å²) < 4.78 is 13.0. The molecule has 8 heteroatoms. The van der Waals surface area contributed by atoms with Gasteiger partial charge in [-0.15, -0.1) is 10.2 Å². The van der Waals surface area contributed by atoms with Crippen LogP contribution in [0.1, 0.15) is 18.3 Å². The fraction of sp³-hybridized carbons (Fsp3) is 0.286. The maximum absolute atomic E-state index is 12.7. The number of rotatable bonds is 5. The second kappa shape index (κ2) is 8.16. The number of hydrogen-bond acceptors (Lipinski definition) is 6. The summed E-state index contributed by atoms with van der Waals surface area (Å²) in [6, 6.07) is 13.5. The molecular formula is C21H22N4O3S. The first kappa shape index (κ1) is 19.3. The highest BCUT2D eigenvalue weighted by Crippen LogP contribution is 2.33. The molecule has 150 valence electrons. The van der Waals surface area contributed by atoms with E-state index in [4.69, 9.17) is 9.47 Å². The number of hydrogen-bond donors (Lipinski definition) is 1. The first-order valence-corrected chi connectivity index (χ1v) is 10.3. The van der Waals surface area contributed by atoms with E-state index in [0.29, 0.717) is 35.6 Å². The van der Waals surface area contributed by atoms with Crippen LogP contribution in [0.2, 0.25) is 0 Å². The molecule has 0 saturated carbocycles. The lowest BCUT2D eigenvalue weighted by molar-refractivity contribution is -0.115. The van der Waals surface area contributed by atoms with E-state index in [9.17, 15) is 4.79 Å². The molecule has 1 aliphatic rings. The number of nitrogens with zero attached hydrogens (tertiary/aromatic N) is 3. The number of benzene rings is 2. The number of carbonyl (C=O) groups is 1. The molecule has 2 heterocycles. The molecule has 0 fully saturated rings. The van der Waals surface area contributed by atoms with E-state index in [2.05, 4.69) is 15.5 Å². The number of anilines is 1. The standard InChI is InChI=1S/C21H22N4O3S/c1-13-4-7-17(8-5-13)25-15(3)23-24-21(25)29-14(2)20(26)22-16-6-9-18-19(12-16)28-11-10-27-18/h4-9,12,14H,10-11H2,1-3H3,(H,22,26)/t14-/m1/s1. The zero-order valence-electron chi connectivity index (χ0n) is 16.5. The van der Waals surface area contributed by atoms with E-state index in [1.807, 2.05) is 55.7 Å². The third-order valence-corrected chi connectivity index (χ3v) is 5.59. The zero-order chi connectivity index (χ0) is 20.4. The third-order valence-electron chi connectivity index (χ3n) is 4.55. The van der Waals surface area contributed by atoms with Crippen molar-refractivity contribution in [1.29, 1.82) is 0 Å². The molecule has 0 saturated heterocycles. The fourth-order valence-electron chi connectivity index (χ4n) is 2.99. The smallest absolute Gasteiger partial charge is 0.237 e. The van der Waals surface area contributed by atoms with Crippen LogP contribution in [0.3, 0.4) is 0 Å². The van der Waals surface area contributed by atoms with Gasteiger partial charge < -0.3 is 14.8 Å². The number of carbonyl (C=O) groups excluding carboxylic acids is 1. The summed E-state index contributed by atoms with van der Waals surface area (Å²) in [5.74, 6) is 1.99. The van der Waals surface area contributed by atoms with Crippen molar-refractivity contribution >= 4 is 23.4 Å². The molecule has 3 aromatic rings. The van der Waals surface area contributed by atoms with E-state index in [0.717, 1.165) is 11.5 Å². The molecule has 2 aromatic carbocycles. The van der Waals surface area contributed by atoms with Gasteiger partial charge in [0.05, 0.1) is 5.25 Å². The molecule has 0 unspecified atom stereocenters. The highest BCUT2D eigenvalue weighted by Gasteiger charge is 2.21. The van der Waals surface area contributed by atoms with Gasteiger partial charge in [0.2, 0.25) is 5.91 Å². The van der Waals surface area contributed by atoms with E-state index in [-0.39, 0.29) is 11.2 Å². The van der Waals surface area contributed by atoms with E-state index >= 15 is 0 Å². The van der Waals surface area contributed by atoms with Gasteiger partial charge in [-0.25, -0.2) is 0 Å². The topological polar surface area (TPSA) is 78.3 Å². The van der Waals surface area contributed by atoms with Crippen LogP contribution in [0.15, 0.2) is 47.6 Å². The van der Waals surface area contributed by atoms with Crippen LogP contribution in [0.5, 0.6) is 11.5 Å². The molecule has 0 aliphatic carbocycles. The Labute approximate surface area is 173 Å². The van der Waals surface area contributed by atoms with Gasteiger partial charge in [0.15, 0.2) is 16.7 Å². The molecule has 1 amide bonds. The van der Waals surface area contributed by atoms with Crippen molar-refractivity contribution < 1.29 is 14.3 Å². The molecular weight excluding hydrogens is 388 g/mol. The number of ether oxygens (including phenoxy) is 2. The predicted molar refractivity (Wildman–Crippen MR) is 112 cm³/mol. The Bertz CT molecular complexity index is 1030. The monoisotopic (exact) mass is 410 g/mol. The van der Waals surface area contributed by atoms with Gasteiger partial charge in [0.1, 0.15) is 19.0 Å². The Hall–Kier alpha value is -3.00. The maximum atomic E-state index is 12.7. The van der Waals surface area contributed by atoms with Crippen LogP contribution < -0.4 is 14.8 Å². The van der Waals surface area contributed by atoms with Crippen LogP contribution >= 0.6 is 11.8 Å². The average Bonchev–Trinajstić information content (AvgIpc) is 3.08. The molecule has 1 atom stereocenters. The second-order valence-electron chi connectivity index (χ2n) is 6.81. The fourth-order valence-corrected chi connectivity index (χ4v) is 3.90. The van der Waals surface area contributed by atoms with Gasteiger partial charge in [-0.3, -0.25) is 9.36 Å². The van der Waals surface area contributed by atoms with Gasteiger partial charge in [-0.2, -0.15) is 0 Å². The minimum atomic E-state index is -0.365. The van der Waals surface area contributed by atoms with Crippen LogP contribution in [-0.4, -0.2) is 39.1 Å². The minimum Gasteiger partial charge on any atom is -0.486 e. The molecule has 1 N–H and O–H groups in total. The SMILES string of the molecule is Cc1ccc(-n2c(C)nnc2S[C@H](C)C(=O)Nc2ccc3c(c2)OCCO3)cc1. The van der Waals surface area contributed by atoms with Gasteiger partial charge in [-0.05, 0) is 45.0 Å². The highest BCUT2D eigenvalue weighted by molar-refractivity contribution is 8.00. The Morgan fingerprint density at radius 2 is 1.79 bits per heavy atom. The number of nitrogens with one attached hydrogen (secondary N) is 1. The summed E-state index contributed by atoms with van der Waals surface area (Å²) in [5, 5.41) is 11.7. The van der Waals surface area contributed by atoms with Crippen molar-refractivity contribution in [3.63, 3.8) is 0 Å². The average molecular weight is 410 g/mol. The first-order valence-electron chi connectivity index (χ1n) is 9.37. The van der Waals surface area contributed by atoms with Gasteiger partial charge in [-0.1, -0.05) is 29.5 Å². The Morgan fingerprint density at radius 3 is 2.55 bits per heavy atom. The number of aromatic nitrogens is 3. The van der Waals surface area contributed by atoms with Crippen molar-refractivity contribution in [3.8, 4) is 17.2 Å². The number of aryl methyl sites for hydroxylation is 2. The number of amides is 1. The van der Waals surface area contributed by atoms with Crippen LogP contribution in [0, 0.1) is 13.8 Å². The van der Waals surface area contributed by atoms with Crippen molar-refractivity contribution in [2.75, 3.05) is 18.5 Å². The quantitative estimate of drug-likeness (QED) is 0.645. The molecule has 1 aliphatic heterocycles. The largest absolute Gasteiger partial charge is 0.486 e. The van der Waals surface area contributed by atoms with Crippen molar-refractivity contribution in [1.82, 2.24) is 14.8 Å². The van der Waals surface area contributed by atoms with Crippen molar-refractivity contribution in [2.24, 2.45) is 0 Å². The van der Waals surface area contributed by atoms with Crippen molar-refractivity contribution in [2.45, 2.75) is 31.2 Å².